The van der Waals surface area contributed by atoms with Crippen LogP contribution in [-0.4, -0.2) is 4.57 Å². The lowest BCUT2D eigenvalue weighted by Gasteiger charge is -2.18. The summed E-state index contributed by atoms with van der Waals surface area (Å²) in [5.41, 5.74) is 8.19. The van der Waals surface area contributed by atoms with Crippen molar-refractivity contribution < 1.29 is 0 Å². The Bertz CT molecular complexity index is 1350. The van der Waals surface area contributed by atoms with Crippen molar-refractivity contribution in [3.8, 4) is 5.69 Å². The van der Waals surface area contributed by atoms with Crippen molar-refractivity contribution in [1.82, 2.24) is 4.57 Å². The maximum Gasteiger partial charge on any atom is 0.0541 e. The number of hydrogen-bond donors (Lipinski definition) is 0. The van der Waals surface area contributed by atoms with Crippen LogP contribution in [0.5, 0.6) is 0 Å². The van der Waals surface area contributed by atoms with E-state index in [1.807, 2.05) is 0 Å². The van der Waals surface area contributed by atoms with Crippen molar-refractivity contribution in [2.75, 3.05) is 0 Å². The van der Waals surface area contributed by atoms with Crippen molar-refractivity contribution in [3.05, 3.63) is 114 Å². The summed E-state index contributed by atoms with van der Waals surface area (Å²) in [5, 5.41) is 2.63. The largest absolute Gasteiger partial charge is 0.309 e. The van der Waals surface area contributed by atoms with Gasteiger partial charge in [-0.2, -0.15) is 0 Å². The Morgan fingerprint density at radius 3 is 2.06 bits per heavy atom. The zero-order valence-corrected chi connectivity index (χ0v) is 18.6. The summed E-state index contributed by atoms with van der Waals surface area (Å²) in [4.78, 5) is 0. The predicted octanol–water partition coefficient (Wildman–Crippen LogP) is 7.96. The summed E-state index contributed by atoms with van der Waals surface area (Å²) < 4.78 is 2.37. The molecule has 5 rings (SSSR count). The molecule has 4 aromatic carbocycles. The Labute approximate surface area is 185 Å². The van der Waals surface area contributed by atoms with E-state index in [0.29, 0.717) is 5.41 Å². The second kappa shape index (κ2) is 7.74. The summed E-state index contributed by atoms with van der Waals surface area (Å²) in [6.07, 6.45) is 2.06. The molecular formula is C30H29N. The molecule has 0 fully saturated rings. The molecule has 0 spiro atoms. The van der Waals surface area contributed by atoms with E-state index in [0.717, 1.165) is 12.8 Å². The molecule has 0 atom stereocenters. The lowest BCUT2D eigenvalue weighted by Crippen LogP contribution is -2.09. The van der Waals surface area contributed by atoms with Gasteiger partial charge in [-0.05, 0) is 65.3 Å². The number of para-hydroxylation sites is 2. The van der Waals surface area contributed by atoms with Crippen molar-refractivity contribution in [2.45, 2.75) is 33.6 Å². The second-order valence-corrected chi connectivity index (χ2v) is 9.77. The zero-order valence-electron chi connectivity index (χ0n) is 18.6. The summed E-state index contributed by atoms with van der Waals surface area (Å²) >= 11 is 0. The van der Waals surface area contributed by atoms with E-state index in [1.54, 1.807) is 0 Å². The van der Waals surface area contributed by atoms with Gasteiger partial charge in [0.25, 0.3) is 0 Å². The first-order chi connectivity index (χ1) is 15.0. The average Bonchev–Trinajstić information content (AvgIpc) is 3.07. The Morgan fingerprint density at radius 1 is 0.581 bits per heavy atom. The number of benzene rings is 4. The fourth-order valence-electron chi connectivity index (χ4n) is 4.68. The van der Waals surface area contributed by atoms with Gasteiger partial charge in [-0.3, -0.25) is 0 Å². The molecule has 0 unspecified atom stereocenters. The fourth-order valence-corrected chi connectivity index (χ4v) is 4.68. The van der Waals surface area contributed by atoms with E-state index < -0.39 is 0 Å². The molecule has 0 aliphatic heterocycles. The minimum absolute atomic E-state index is 0.302. The highest BCUT2D eigenvalue weighted by Gasteiger charge is 2.13. The molecular weight excluding hydrogens is 374 g/mol. The van der Waals surface area contributed by atoms with Gasteiger partial charge in [0.05, 0.1) is 11.0 Å². The third-order valence-electron chi connectivity index (χ3n) is 5.89. The smallest absolute Gasteiger partial charge is 0.0541 e. The topological polar surface area (TPSA) is 4.93 Å². The van der Waals surface area contributed by atoms with Crippen LogP contribution in [0.3, 0.4) is 0 Å². The molecule has 1 heteroatoms. The first-order valence-corrected chi connectivity index (χ1v) is 11.1. The van der Waals surface area contributed by atoms with Crippen molar-refractivity contribution in [3.63, 3.8) is 0 Å². The van der Waals surface area contributed by atoms with Gasteiger partial charge in [0.15, 0.2) is 0 Å². The summed E-state index contributed by atoms with van der Waals surface area (Å²) in [6, 6.07) is 35.4. The van der Waals surface area contributed by atoms with Crippen molar-refractivity contribution in [2.24, 2.45) is 5.41 Å². The van der Waals surface area contributed by atoms with Crippen LogP contribution in [0, 0.1) is 5.41 Å². The SMILES string of the molecule is CC(C)(C)Cc1cccc(Cc2ccc3c(c2)c2ccccc2n3-c2ccccc2)c1. The van der Waals surface area contributed by atoms with Gasteiger partial charge in [0.2, 0.25) is 0 Å². The maximum atomic E-state index is 2.38. The minimum Gasteiger partial charge on any atom is -0.309 e. The quantitative estimate of drug-likeness (QED) is 0.287. The molecule has 154 valence electrons. The van der Waals surface area contributed by atoms with Crippen LogP contribution in [0.1, 0.15) is 37.5 Å². The molecule has 0 aliphatic carbocycles. The zero-order chi connectivity index (χ0) is 21.4. The molecule has 1 aromatic heterocycles. The highest BCUT2D eigenvalue weighted by molar-refractivity contribution is 6.09. The minimum atomic E-state index is 0.302. The van der Waals surface area contributed by atoms with Crippen LogP contribution in [-0.2, 0) is 12.8 Å². The summed E-state index contributed by atoms with van der Waals surface area (Å²) in [7, 11) is 0. The van der Waals surface area contributed by atoms with Gasteiger partial charge in [0.1, 0.15) is 0 Å². The number of nitrogens with zero attached hydrogens (tertiary/aromatic N) is 1. The molecule has 0 amide bonds. The Morgan fingerprint density at radius 2 is 1.26 bits per heavy atom. The molecule has 1 heterocycles. The maximum absolute atomic E-state index is 2.38. The average molecular weight is 404 g/mol. The first kappa shape index (κ1) is 19.6. The monoisotopic (exact) mass is 403 g/mol. The molecule has 0 saturated carbocycles. The second-order valence-electron chi connectivity index (χ2n) is 9.77. The van der Waals surface area contributed by atoms with Crippen LogP contribution >= 0.6 is 0 Å². The van der Waals surface area contributed by atoms with Gasteiger partial charge in [0, 0.05) is 16.5 Å². The highest BCUT2D eigenvalue weighted by atomic mass is 15.0. The van der Waals surface area contributed by atoms with E-state index in [-0.39, 0.29) is 0 Å². The van der Waals surface area contributed by atoms with Crippen LogP contribution in [0.25, 0.3) is 27.5 Å². The van der Waals surface area contributed by atoms with E-state index >= 15 is 0 Å². The van der Waals surface area contributed by atoms with Crippen molar-refractivity contribution in [1.29, 1.82) is 0 Å². The van der Waals surface area contributed by atoms with Crippen LogP contribution in [0.15, 0.2) is 97.1 Å². The van der Waals surface area contributed by atoms with E-state index in [1.165, 1.54) is 44.2 Å². The number of aromatic nitrogens is 1. The lowest BCUT2D eigenvalue weighted by atomic mass is 9.87. The predicted molar refractivity (Wildman–Crippen MR) is 133 cm³/mol. The van der Waals surface area contributed by atoms with Gasteiger partial charge in [-0.25, -0.2) is 0 Å². The standard InChI is InChI=1S/C30H29N/c1-30(2,3)21-24-11-9-10-22(19-24)18-23-16-17-29-27(20-23)26-14-7-8-15-28(26)31(29)25-12-5-4-6-13-25/h4-17,19-20H,18,21H2,1-3H3. The van der Waals surface area contributed by atoms with Gasteiger partial charge >= 0.3 is 0 Å². The number of hydrogen-bond acceptors (Lipinski definition) is 0. The summed E-state index contributed by atoms with van der Waals surface area (Å²) in [6.45, 7) is 6.91. The van der Waals surface area contributed by atoms with Crippen LogP contribution in [0.2, 0.25) is 0 Å². The van der Waals surface area contributed by atoms with E-state index in [4.69, 9.17) is 0 Å². The van der Waals surface area contributed by atoms with Crippen molar-refractivity contribution >= 4 is 21.8 Å². The molecule has 0 aliphatic rings. The van der Waals surface area contributed by atoms with Crippen LogP contribution in [0.4, 0.5) is 0 Å². The first-order valence-electron chi connectivity index (χ1n) is 11.1. The number of rotatable bonds is 4. The number of fused-ring (bicyclic) bond motifs is 3. The Hall–Kier alpha value is -3.32. The Kier molecular flexibility index (Phi) is 4.90. The summed E-state index contributed by atoms with van der Waals surface area (Å²) in [5.74, 6) is 0. The Balaban J connectivity index is 1.57. The molecule has 5 aromatic rings. The van der Waals surface area contributed by atoms with Gasteiger partial charge in [-0.15, -0.1) is 0 Å². The molecule has 1 nitrogen and oxygen atoms in total. The molecule has 31 heavy (non-hydrogen) atoms. The van der Waals surface area contributed by atoms with E-state index in [9.17, 15) is 0 Å². The normalized spacial score (nSPS) is 12.0. The highest BCUT2D eigenvalue weighted by Crippen LogP contribution is 2.33. The third-order valence-corrected chi connectivity index (χ3v) is 5.89. The molecule has 0 N–H and O–H groups in total. The lowest BCUT2D eigenvalue weighted by molar-refractivity contribution is 0.411. The fraction of sp³-hybridized carbons (Fsp3) is 0.200. The molecule has 0 bridgehead atoms. The third kappa shape index (κ3) is 4.01. The van der Waals surface area contributed by atoms with Crippen LogP contribution < -0.4 is 0 Å². The molecule has 0 saturated heterocycles. The van der Waals surface area contributed by atoms with E-state index in [2.05, 4.69) is 122 Å². The van der Waals surface area contributed by atoms with Gasteiger partial charge < -0.3 is 4.57 Å². The molecule has 0 radical (unpaired) electrons. The van der Waals surface area contributed by atoms with Gasteiger partial charge in [-0.1, -0.05) is 87.5 Å².